The van der Waals surface area contributed by atoms with Crippen LogP contribution in [0.3, 0.4) is 0 Å². The molecule has 0 spiro atoms. The monoisotopic (exact) mass is 414 g/mol. The van der Waals surface area contributed by atoms with Crippen molar-refractivity contribution in [2.75, 3.05) is 19.8 Å². The SMILES string of the molecule is C=C(C)C(=O)OCCCCCCCCCCCCCC[Si](C)(OCC)OCC. The molecule has 0 saturated carbocycles. The first-order chi connectivity index (χ1) is 13.4. The fraction of sp³-hybridized carbons (Fsp3) is 0.870. The van der Waals surface area contributed by atoms with Crippen LogP contribution in [0.25, 0.3) is 0 Å². The van der Waals surface area contributed by atoms with Gasteiger partial charge >= 0.3 is 14.5 Å². The number of esters is 1. The topological polar surface area (TPSA) is 44.8 Å². The second-order valence-electron chi connectivity index (χ2n) is 7.91. The summed E-state index contributed by atoms with van der Waals surface area (Å²) in [6.45, 7) is 13.7. The summed E-state index contributed by atoms with van der Waals surface area (Å²) in [5.74, 6) is -0.264. The van der Waals surface area contributed by atoms with Crippen molar-refractivity contribution in [1.82, 2.24) is 0 Å². The second kappa shape index (κ2) is 18.4. The molecule has 0 aliphatic heterocycles. The van der Waals surface area contributed by atoms with Gasteiger partial charge in [0.15, 0.2) is 0 Å². The van der Waals surface area contributed by atoms with Crippen molar-refractivity contribution >= 4 is 14.5 Å². The second-order valence-corrected chi connectivity index (χ2v) is 11.3. The standard InChI is InChI=1S/C23H46O4Si/c1-6-26-28(5,27-7-2)21-19-17-15-13-11-9-8-10-12-14-16-18-20-25-23(24)22(3)4/h3,6-21H2,1-2,4-5H3. The average Bonchev–Trinajstić information content (AvgIpc) is 2.65. The minimum Gasteiger partial charge on any atom is -0.462 e. The Hall–Kier alpha value is -0.653. The highest BCUT2D eigenvalue weighted by molar-refractivity contribution is 6.66. The largest absolute Gasteiger partial charge is 0.462 e. The van der Waals surface area contributed by atoms with Crippen LogP contribution in [0.15, 0.2) is 12.2 Å². The molecule has 0 aliphatic carbocycles. The molecule has 0 heterocycles. The van der Waals surface area contributed by atoms with Gasteiger partial charge in [0, 0.05) is 18.8 Å². The number of ether oxygens (including phenoxy) is 1. The molecule has 0 aromatic rings. The van der Waals surface area contributed by atoms with E-state index in [1.54, 1.807) is 6.92 Å². The van der Waals surface area contributed by atoms with E-state index in [0.717, 1.165) is 32.1 Å². The minimum atomic E-state index is -1.89. The van der Waals surface area contributed by atoms with E-state index in [0.29, 0.717) is 12.2 Å². The zero-order valence-electron chi connectivity index (χ0n) is 19.2. The molecule has 0 amide bonds. The predicted molar refractivity (Wildman–Crippen MR) is 121 cm³/mol. The Morgan fingerprint density at radius 2 is 1.14 bits per heavy atom. The van der Waals surface area contributed by atoms with Crippen LogP contribution in [0.4, 0.5) is 0 Å². The molecule has 0 rings (SSSR count). The molecule has 4 nitrogen and oxygen atoms in total. The van der Waals surface area contributed by atoms with Crippen LogP contribution in [0.5, 0.6) is 0 Å². The van der Waals surface area contributed by atoms with E-state index in [9.17, 15) is 4.79 Å². The smallest absolute Gasteiger partial charge is 0.334 e. The van der Waals surface area contributed by atoms with Crippen LogP contribution in [-0.4, -0.2) is 34.4 Å². The summed E-state index contributed by atoms with van der Waals surface area (Å²) >= 11 is 0. The lowest BCUT2D eigenvalue weighted by molar-refractivity contribution is -0.139. The first-order valence-electron chi connectivity index (χ1n) is 11.6. The zero-order valence-corrected chi connectivity index (χ0v) is 20.2. The summed E-state index contributed by atoms with van der Waals surface area (Å²) in [5, 5.41) is 0. The number of carbonyl (C=O) groups excluding carboxylic acids is 1. The molecular formula is C23H46O4Si. The van der Waals surface area contributed by atoms with E-state index in [1.807, 2.05) is 0 Å². The minimum absolute atomic E-state index is 0.264. The maximum Gasteiger partial charge on any atom is 0.334 e. The summed E-state index contributed by atoms with van der Waals surface area (Å²) in [6, 6.07) is 1.13. The Balaban J connectivity index is 3.33. The van der Waals surface area contributed by atoms with Crippen LogP contribution in [0.1, 0.15) is 97.8 Å². The fourth-order valence-corrected chi connectivity index (χ4v) is 5.89. The van der Waals surface area contributed by atoms with Crippen molar-refractivity contribution < 1.29 is 18.4 Å². The lowest BCUT2D eigenvalue weighted by Gasteiger charge is -2.25. The Bertz CT molecular complexity index is 392. The summed E-state index contributed by atoms with van der Waals surface area (Å²) in [5.41, 5.74) is 0.483. The molecule has 0 saturated heterocycles. The molecule has 0 atom stereocenters. The lowest BCUT2D eigenvalue weighted by atomic mass is 10.1. The summed E-state index contributed by atoms with van der Waals surface area (Å²) in [6.07, 6.45) is 15.3. The Kier molecular flexibility index (Phi) is 18.0. The van der Waals surface area contributed by atoms with Gasteiger partial charge in [-0.2, -0.15) is 0 Å². The molecule has 28 heavy (non-hydrogen) atoms. The molecule has 0 aromatic carbocycles. The molecule has 166 valence electrons. The Morgan fingerprint density at radius 3 is 1.54 bits per heavy atom. The van der Waals surface area contributed by atoms with Gasteiger partial charge < -0.3 is 13.6 Å². The van der Waals surface area contributed by atoms with Crippen LogP contribution in [0, 0.1) is 0 Å². The van der Waals surface area contributed by atoms with Gasteiger partial charge in [-0.05, 0) is 39.8 Å². The maximum absolute atomic E-state index is 11.2. The van der Waals surface area contributed by atoms with Gasteiger partial charge in [-0.25, -0.2) is 4.79 Å². The van der Waals surface area contributed by atoms with Crippen LogP contribution in [0.2, 0.25) is 12.6 Å². The van der Waals surface area contributed by atoms with Crippen LogP contribution in [-0.2, 0) is 18.4 Å². The van der Waals surface area contributed by atoms with Crippen molar-refractivity contribution in [2.45, 2.75) is 110 Å². The van der Waals surface area contributed by atoms with Gasteiger partial charge in [0.2, 0.25) is 0 Å². The Morgan fingerprint density at radius 1 is 0.750 bits per heavy atom. The first kappa shape index (κ1) is 27.3. The van der Waals surface area contributed by atoms with Crippen molar-refractivity contribution in [1.29, 1.82) is 0 Å². The molecule has 0 fully saturated rings. The quantitative estimate of drug-likeness (QED) is 0.0937. The molecule has 0 radical (unpaired) electrons. The third-order valence-electron chi connectivity index (χ3n) is 5.01. The maximum atomic E-state index is 11.2. The van der Waals surface area contributed by atoms with E-state index in [2.05, 4.69) is 27.0 Å². The molecule has 5 heteroatoms. The number of rotatable bonds is 20. The van der Waals surface area contributed by atoms with Crippen molar-refractivity contribution in [3.63, 3.8) is 0 Å². The number of hydrogen-bond acceptors (Lipinski definition) is 4. The molecule has 0 aromatic heterocycles. The van der Waals surface area contributed by atoms with Crippen molar-refractivity contribution in [3.05, 3.63) is 12.2 Å². The molecule has 0 N–H and O–H groups in total. The summed E-state index contributed by atoms with van der Waals surface area (Å²) < 4.78 is 16.9. The highest BCUT2D eigenvalue weighted by Gasteiger charge is 2.29. The van der Waals surface area contributed by atoms with Gasteiger partial charge in [-0.3, -0.25) is 0 Å². The van der Waals surface area contributed by atoms with Gasteiger partial charge in [-0.15, -0.1) is 0 Å². The molecule has 0 bridgehead atoms. The van der Waals surface area contributed by atoms with Crippen LogP contribution >= 0.6 is 0 Å². The normalized spacial score (nSPS) is 11.6. The van der Waals surface area contributed by atoms with Crippen molar-refractivity contribution in [3.8, 4) is 0 Å². The summed E-state index contributed by atoms with van der Waals surface area (Å²) in [7, 11) is -1.89. The highest BCUT2D eigenvalue weighted by Crippen LogP contribution is 2.19. The summed E-state index contributed by atoms with van der Waals surface area (Å²) in [4.78, 5) is 11.2. The van der Waals surface area contributed by atoms with Gasteiger partial charge in [0.1, 0.15) is 0 Å². The first-order valence-corrected chi connectivity index (χ1v) is 14.1. The molecule has 0 unspecified atom stereocenters. The van der Waals surface area contributed by atoms with E-state index in [1.165, 1.54) is 64.2 Å². The lowest BCUT2D eigenvalue weighted by Crippen LogP contribution is -2.38. The Labute approximate surface area is 175 Å². The van der Waals surface area contributed by atoms with E-state index >= 15 is 0 Å². The van der Waals surface area contributed by atoms with Crippen molar-refractivity contribution in [2.24, 2.45) is 0 Å². The number of unbranched alkanes of at least 4 members (excludes halogenated alkanes) is 11. The number of hydrogen-bond donors (Lipinski definition) is 0. The van der Waals surface area contributed by atoms with E-state index in [-0.39, 0.29) is 5.97 Å². The third-order valence-corrected chi connectivity index (χ3v) is 8.07. The number of carbonyl (C=O) groups is 1. The van der Waals surface area contributed by atoms with Gasteiger partial charge in [-0.1, -0.05) is 77.2 Å². The predicted octanol–water partition coefficient (Wildman–Crippen LogP) is 6.93. The van der Waals surface area contributed by atoms with Crippen LogP contribution < -0.4 is 0 Å². The average molecular weight is 415 g/mol. The zero-order chi connectivity index (χ0) is 21.1. The molecule has 0 aliphatic rings. The van der Waals surface area contributed by atoms with Gasteiger partial charge in [0.25, 0.3) is 0 Å². The van der Waals surface area contributed by atoms with E-state index in [4.69, 9.17) is 13.6 Å². The molecular weight excluding hydrogens is 368 g/mol. The van der Waals surface area contributed by atoms with E-state index < -0.39 is 8.56 Å². The fourth-order valence-electron chi connectivity index (χ4n) is 3.40. The third kappa shape index (κ3) is 16.3. The van der Waals surface area contributed by atoms with Gasteiger partial charge in [0.05, 0.1) is 6.61 Å². The highest BCUT2D eigenvalue weighted by atomic mass is 28.4.